The molecule has 2 aromatic rings. The molecule has 0 aliphatic carbocycles. The van der Waals surface area contributed by atoms with Gasteiger partial charge in [-0.15, -0.1) is 0 Å². The molecular formula is C19H22N2O. The molecule has 0 fully saturated rings. The Morgan fingerprint density at radius 2 is 1.77 bits per heavy atom. The number of hydrogen-bond donors (Lipinski definition) is 1. The lowest BCUT2D eigenvalue weighted by Gasteiger charge is -2.09. The predicted molar refractivity (Wildman–Crippen MR) is 88.4 cm³/mol. The summed E-state index contributed by atoms with van der Waals surface area (Å²) in [5, 5.41) is 11.9. The van der Waals surface area contributed by atoms with Crippen LogP contribution in [0.5, 0.6) is 5.75 Å². The maximum absolute atomic E-state index is 8.48. The zero-order chi connectivity index (χ0) is 15.5. The minimum atomic E-state index is 0.589. The van der Waals surface area contributed by atoms with Gasteiger partial charge < -0.3 is 10.1 Å². The van der Waals surface area contributed by atoms with Gasteiger partial charge in [-0.25, -0.2) is 0 Å². The van der Waals surface area contributed by atoms with Crippen molar-refractivity contribution < 1.29 is 4.74 Å². The average Bonchev–Trinajstić information content (AvgIpc) is 2.57. The monoisotopic (exact) mass is 294 g/mol. The molecule has 0 bridgehead atoms. The number of nitriles is 1. The van der Waals surface area contributed by atoms with Gasteiger partial charge in [0.2, 0.25) is 0 Å². The Labute approximate surface area is 132 Å². The molecule has 0 unspecified atom stereocenters. The van der Waals surface area contributed by atoms with Crippen LogP contribution in [0.2, 0.25) is 0 Å². The molecule has 0 aliphatic heterocycles. The highest BCUT2D eigenvalue weighted by Gasteiger charge is 1.98. The molecule has 3 nitrogen and oxygen atoms in total. The van der Waals surface area contributed by atoms with E-state index < -0.39 is 0 Å². The molecule has 0 heterocycles. The topological polar surface area (TPSA) is 45.0 Å². The Morgan fingerprint density at radius 3 is 2.59 bits per heavy atom. The first-order valence-electron chi connectivity index (χ1n) is 7.72. The number of benzene rings is 2. The molecule has 0 aromatic heterocycles. The Hall–Kier alpha value is -2.31. The fourth-order valence-electron chi connectivity index (χ4n) is 2.17. The van der Waals surface area contributed by atoms with Crippen molar-refractivity contribution in [3.63, 3.8) is 0 Å². The quantitative estimate of drug-likeness (QED) is 0.710. The summed E-state index contributed by atoms with van der Waals surface area (Å²) in [6, 6.07) is 20.5. The van der Waals surface area contributed by atoms with Gasteiger partial charge in [0.25, 0.3) is 0 Å². The molecule has 0 radical (unpaired) electrons. The van der Waals surface area contributed by atoms with Gasteiger partial charge in [0.1, 0.15) is 12.4 Å². The third kappa shape index (κ3) is 5.99. The molecule has 114 valence electrons. The number of ether oxygens (including phenoxy) is 1. The van der Waals surface area contributed by atoms with Crippen LogP contribution in [0.4, 0.5) is 0 Å². The second-order valence-electron chi connectivity index (χ2n) is 5.21. The molecule has 2 aromatic carbocycles. The maximum atomic E-state index is 8.48. The molecule has 1 N–H and O–H groups in total. The summed E-state index contributed by atoms with van der Waals surface area (Å²) in [7, 11) is 0. The van der Waals surface area contributed by atoms with Gasteiger partial charge in [-0.1, -0.05) is 42.5 Å². The van der Waals surface area contributed by atoms with Crippen LogP contribution in [0.3, 0.4) is 0 Å². The van der Waals surface area contributed by atoms with Gasteiger partial charge in [-0.3, -0.25) is 0 Å². The third-order valence-electron chi connectivity index (χ3n) is 3.37. The van der Waals surface area contributed by atoms with Crippen molar-refractivity contribution in [2.45, 2.75) is 32.4 Å². The first kappa shape index (κ1) is 16.1. The van der Waals surface area contributed by atoms with Crippen molar-refractivity contribution in [3.05, 3.63) is 65.7 Å². The second kappa shape index (κ2) is 9.59. The molecule has 0 saturated heterocycles. The van der Waals surface area contributed by atoms with Gasteiger partial charge in [-0.05, 0) is 42.6 Å². The van der Waals surface area contributed by atoms with E-state index in [0.717, 1.165) is 31.7 Å². The average molecular weight is 294 g/mol. The van der Waals surface area contributed by atoms with E-state index in [4.69, 9.17) is 10.00 Å². The van der Waals surface area contributed by atoms with Crippen molar-refractivity contribution in [2.75, 3.05) is 6.54 Å². The Kier molecular flexibility index (Phi) is 7.01. The van der Waals surface area contributed by atoms with Crippen LogP contribution < -0.4 is 10.1 Å². The molecule has 0 amide bonds. The SMILES string of the molecule is N#CCCCCNCc1cccc(OCc2ccccc2)c1. The van der Waals surface area contributed by atoms with Crippen molar-refractivity contribution in [1.82, 2.24) is 5.32 Å². The lowest BCUT2D eigenvalue weighted by molar-refractivity contribution is 0.306. The minimum absolute atomic E-state index is 0.589. The van der Waals surface area contributed by atoms with Gasteiger partial charge >= 0.3 is 0 Å². The predicted octanol–water partition coefficient (Wildman–Crippen LogP) is 4.05. The van der Waals surface area contributed by atoms with E-state index in [-0.39, 0.29) is 0 Å². The first-order chi connectivity index (χ1) is 10.9. The van der Waals surface area contributed by atoms with Crippen LogP contribution in [0.25, 0.3) is 0 Å². The van der Waals surface area contributed by atoms with Crippen LogP contribution in [0, 0.1) is 11.3 Å². The van der Waals surface area contributed by atoms with Gasteiger partial charge in [0.15, 0.2) is 0 Å². The first-order valence-corrected chi connectivity index (χ1v) is 7.72. The van der Waals surface area contributed by atoms with Gasteiger partial charge in [-0.2, -0.15) is 5.26 Å². The maximum Gasteiger partial charge on any atom is 0.120 e. The lowest BCUT2D eigenvalue weighted by Crippen LogP contribution is -2.14. The number of rotatable bonds is 9. The van der Waals surface area contributed by atoms with Crippen molar-refractivity contribution >= 4 is 0 Å². The molecular weight excluding hydrogens is 272 g/mol. The van der Waals surface area contributed by atoms with E-state index in [2.05, 4.69) is 35.7 Å². The Balaban J connectivity index is 1.74. The molecule has 0 spiro atoms. The van der Waals surface area contributed by atoms with Crippen molar-refractivity contribution in [3.8, 4) is 11.8 Å². The van der Waals surface area contributed by atoms with Crippen molar-refractivity contribution in [1.29, 1.82) is 5.26 Å². The number of nitrogens with one attached hydrogen (secondary N) is 1. The molecule has 22 heavy (non-hydrogen) atoms. The standard InChI is InChI=1S/C19H22N2O/c20-12-5-2-6-13-21-15-18-10-7-11-19(14-18)22-16-17-8-3-1-4-9-17/h1,3-4,7-11,14,21H,2,5-6,13,15-16H2. The molecule has 3 heteroatoms. The second-order valence-corrected chi connectivity index (χ2v) is 5.21. The molecule has 0 aliphatic rings. The normalized spacial score (nSPS) is 10.1. The Morgan fingerprint density at radius 1 is 0.955 bits per heavy atom. The zero-order valence-corrected chi connectivity index (χ0v) is 12.8. The van der Waals surface area contributed by atoms with Crippen LogP contribution in [-0.4, -0.2) is 6.54 Å². The van der Waals surface area contributed by atoms with Crippen LogP contribution >= 0.6 is 0 Å². The number of hydrogen-bond acceptors (Lipinski definition) is 3. The molecule has 0 saturated carbocycles. The van der Waals surface area contributed by atoms with Gasteiger partial charge in [0, 0.05) is 13.0 Å². The highest BCUT2D eigenvalue weighted by Crippen LogP contribution is 2.15. The van der Waals surface area contributed by atoms with E-state index >= 15 is 0 Å². The molecule has 2 rings (SSSR count). The summed E-state index contributed by atoms with van der Waals surface area (Å²) in [4.78, 5) is 0. The number of nitrogens with zero attached hydrogens (tertiary/aromatic N) is 1. The smallest absolute Gasteiger partial charge is 0.120 e. The lowest BCUT2D eigenvalue weighted by atomic mass is 10.2. The fraction of sp³-hybridized carbons (Fsp3) is 0.316. The van der Waals surface area contributed by atoms with Crippen LogP contribution in [-0.2, 0) is 13.2 Å². The molecule has 0 atom stereocenters. The van der Waals surface area contributed by atoms with E-state index in [1.807, 2.05) is 30.3 Å². The minimum Gasteiger partial charge on any atom is -0.489 e. The van der Waals surface area contributed by atoms with E-state index in [1.54, 1.807) is 0 Å². The van der Waals surface area contributed by atoms with Crippen LogP contribution in [0.15, 0.2) is 54.6 Å². The summed E-state index contributed by atoms with van der Waals surface area (Å²) in [6.45, 7) is 2.36. The largest absolute Gasteiger partial charge is 0.489 e. The third-order valence-corrected chi connectivity index (χ3v) is 3.37. The highest BCUT2D eigenvalue weighted by molar-refractivity contribution is 5.29. The van der Waals surface area contributed by atoms with Gasteiger partial charge in [0.05, 0.1) is 6.07 Å². The summed E-state index contributed by atoms with van der Waals surface area (Å²) >= 11 is 0. The van der Waals surface area contributed by atoms with Crippen molar-refractivity contribution in [2.24, 2.45) is 0 Å². The van der Waals surface area contributed by atoms with E-state index in [0.29, 0.717) is 13.0 Å². The highest BCUT2D eigenvalue weighted by atomic mass is 16.5. The summed E-state index contributed by atoms with van der Waals surface area (Å²) in [5.74, 6) is 0.896. The summed E-state index contributed by atoms with van der Waals surface area (Å²) < 4.78 is 5.83. The van der Waals surface area contributed by atoms with Crippen LogP contribution in [0.1, 0.15) is 30.4 Å². The summed E-state index contributed by atoms with van der Waals surface area (Å²) in [5.41, 5.74) is 2.38. The van der Waals surface area contributed by atoms with E-state index in [9.17, 15) is 0 Å². The zero-order valence-electron chi connectivity index (χ0n) is 12.8. The van der Waals surface area contributed by atoms with E-state index in [1.165, 1.54) is 11.1 Å². The summed E-state index contributed by atoms with van der Waals surface area (Å²) in [6.07, 6.45) is 2.64. The Bertz CT molecular complexity index is 590. The fourth-order valence-corrected chi connectivity index (χ4v) is 2.17. The number of unbranched alkanes of at least 4 members (excludes halogenated alkanes) is 2.